The minimum absolute atomic E-state index is 0.0365. The Morgan fingerprint density at radius 1 is 0.623 bits per heavy atom. The van der Waals surface area contributed by atoms with Crippen molar-refractivity contribution in [3.05, 3.63) is 59.7 Å². The average Bonchev–Trinajstić information content (AvgIpc) is 3.72. The van der Waals surface area contributed by atoms with Gasteiger partial charge in [-0.3, -0.25) is 38.8 Å². The van der Waals surface area contributed by atoms with Crippen molar-refractivity contribution in [2.45, 2.75) is 25.0 Å². The number of esters is 4. The third kappa shape index (κ3) is 10.5. The van der Waals surface area contributed by atoms with E-state index in [0.29, 0.717) is 52.4 Å². The van der Waals surface area contributed by atoms with Crippen molar-refractivity contribution in [3.8, 4) is 11.1 Å². The van der Waals surface area contributed by atoms with Crippen LogP contribution in [0.5, 0.6) is 0 Å². The molecule has 2 aliphatic heterocycles. The Labute approximate surface area is 310 Å². The van der Waals surface area contributed by atoms with Crippen LogP contribution in [-0.2, 0) is 42.9 Å². The fourth-order valence-corrected chi connectivity index (χ4v) is 7.37. The van der Waals surface area contributed by atoms with Gasteiger partial charge >= 0.3 is 30.0 Å². The molecule has 53 heavy (non-hydrogen) atoms. The average molecular weight is 738 g/mol. The van der Waals surface area contributed by atoms with Gasteiger partial charge in [0.2, 0.25) is 0 Å². The van der Waals surface area contributed by atoms with Gasteiger partial charge in [0, 0.05) is 71.7 Å². The van der Waals surface area contributed by atoms with Crippen LogP contribution in [0.25, 0.3) is 11.1 Å². The molecule has 2 atom stereocenters. The van der Waals surface area contributed by atoms with Gasteiger partial charge in [-0.1, -0.05) is 48.5 Å². The molecule has 0 radical (unpaired) electrons. The Bertz CT molecular complexity index is 1530. The summed E-state index contributed by atoms with van der Waals surface area (Å²) >= 11 is 0. The van der Waals surface area contributed by atoms with Crippen LogP contribution in [-0.4, -0.2) is 180 Å². The van der Waals surface area contributed by atoms with Gasteiger partial charge in [-0.15, -0.1) is 0 Å². The third-order valence-electron chi connectivity index (χ3n) is 10.2. The minimum atomic E-state index is -0.639. The van der Waals surface area contributed by atoms with Crippen molar-refractivity contribution in [2.24, 2.45) is 0 Å². The van der Waals surface area contributed by atoms with Crippen molar-refractivity contribution >= 4 is 30.0 Å². The molecule has 288 valence electrons. The molecule has 1 aliphatic carbocycles. The summed E-state index contributed by atoms with van der Waals surface area (Å²) in [5, 5.41) is 0. The van der Waals surface area contributed by atoms with E-state index in [-0.39, 0.29) is 51.2 Å². The summed E-state index contributed by atoms with van der Waals surface area (Å²) in [7, 11) is 4.01. The topological polar surface area (TPSA) is 148 Å². The second kappa shape index (κ2) is 19.0. The first-order chi connectivity index (χ1) is 25.6. The maximum atomic E-state index is 13.7. The summed E-state index contributed by atoms with van der Waals surface area (Å²) in [5.41, 5.74) is 4.49. The fourth-order valence-electron chi connectivity index (χ4n) is 7.37. The molecule has 15 heteroatoms. The van der Waals surface area contributed by atoms with Crippen LogP contribution in [0.2, 0.25) is 0 Å². The van der Waals surface area contributed by atoms with E-state index in [1.807, 2.05) is 39.0 Å². The molecule has 15 nitrogen and oxygen atoms in total. The first-order valence-electron chi connectivity index (χ1n) is 18.0. The Hall–Kier alpha value is -4.57. The maximum Gasteiger partial charge on any atom is 0.409 e. The van der Waals surface area contributed by atoms with Crippen LogP contribution in [0.4, 0.5) is 4.79 Å². The van der Waals surface area contributed by atoms with E-state index in [0.717, 1.165) is 22.3 Å². The molecular weight excluding hydrogens is 686 g/mol. The molecule has 2 heterocycles. The van der Waals surface area contributed by atoms with Crippen molar-refractivity contribution in [2.75, 3.05) is 113 Å². The van der Waals surface area contributed by atoms with Gasteiger partial charge in [0.1, 0.15) is 12.7 Å². The lowest BCUT2D eigenvalue weighted by molar-refractivity contribution is -0.148. The summed E-state index contributed by atoms with van der Waals surface area (Å²) in [6.45, 7) is 5.59. The van der Waals surface area contributed by atoms with Crippen molar-refractivity contribution < 1.29 is 47.7 Å². The van der Waals surface area contributed by atoms with Gasteiger partial charge in [-0.2, -0.15) is 0 Å². The number of methoxy groups -OCH3 is 3. The van der Waals surface area contributed by atoms with Crippen LogP contribution < -0.4 is 0 Å². The summed E-state index contributed by atoms with van der Waals surface area (Å²) in [4.78, 5) is 72.7. The molecule has 5 rings (SSSR count). The van der Waals surface area contributed by atoms with Gasteiger partial charge < -0.3 is 28.6 Å². The lowest BCUT2D eigenvalue weighted by Crippen LogP contribution is -2.53. The molecule has 0 saturated carbocycles. The van der Waals surface area contributed by atoms with E-state index in [1.165, 1.54) is 28.3 Å². The molecule has 2 saturated heterocycles. The van der Waals surface area contributed by atoms with Gasteiger partial charge in [-0.05, 0) is 22.3 Å². The Morgan fingerprint density at radius 2 is 1.06 bits per heavy atom. The van der Waals surface area contributed by atoms with Crippen molar-refractivity contribution in [3.63, 3.8) is 0 Å². The van der Waals surface area contributed by atoms with E-state index in [4.69, 9.17) is 23.7 Å². The predicted octanol–water partition coefficient (Wildman–Crippen LogP) is 1.29. The maximum absolute atomic E-state index is 13.7. The molecular formula is C38H51N5O10. The molecule has 0 spiro atoms. The lowest BCUT2D eigenvalue weighted by atomic mass is 9.98. The standard InChI is InChI=1S/C38H51N5O10/c1-27(44)53-34-22-43(38(48)52-26-32-30-11-7-5-9-28(30)29-10-6-8-12-31(29)32)21-33(34)42-19-17-40(24-36(46)50-3)15-13-39(23-35(45)49-2)14-16-41(18-20-42)25-37(47)51-4/h5-12,32-34H,13-26H2,1-4H3/t33-,34-/m0/s1. The second-order valence-electron chi connectivity index (χ2n) is 13.5. The van der Waals surface area contributed by atoms with Crippen LogP contribution in [0.1, 0.15) is 24.0 Å². The van der Waals surface area contributed by atoms with Crippen molar-refractivity contribution in [1.82, 2.24) is 24.5 Å². The Morgan fingerprint density at radius 3 is 1.49 bits per heavy atom. The molecule has 3 aliphatic rings. The van der Waals surface area contributed by atoms with Gasteiger partial charge in [-0.25, -0.2) is 4.79 Å². The van der Waals surface area contributed by atoms with Gasteiger partial charge in [0.15, 0.2) is 0 Å². The highest BCUT2D eigenvalue weighted by atomic mass is 16.6. The van der Waals surface area contributed by atoms with Gasteiger partial charge in [0.05, 0.1) is 53.6 Å². The monoisotopic (exact) mass is 737 g/mol. The number of carbonyl (C=O) groups excluding carboxylic acids is 5. The minimum Gasteiger partial charge on any atom is -0.468 e. The molecule has 0 unspecified atom stereocenters. The second-order valence-corrected chi connectivity index (χ2v) is 13.5. The summed E-state index contributed by atoms with van der Waals surface area (Å²) in [6, 6.07) is 15.9. The van der Waals surface area contributed by atoms with Gasteiger partial charge in [0.25, 0.3) is 0 Å². The SMILES string of the molecule is COC(=O)CN1CCN(CC(=O)OC)CCN([C@H]2CN(C(=O)OCC3c4ccccc4-c4ccccc43)C[C@@H]2OC(C)=O)CCN(CC(=O)OC)CC1. The van der Waals surface area contributed by atoms with E-state index >= 15 is 0 Å². The number of nitrogens with zero attached hydrogens (tertiary/aromatic N) is 5. The first kappa shape index (κ1) is 39.6. The van der Waals surface area contributed by atoms with Crippen LogP contribution >= 0.6 is 0 Å². The van der Waals surface area contributed by atoms with E-state index in [2.05, 4.69) is 29.2 Å². The molecule has 2 aromatic carbocycles. The molecule has 2 aromatic rings. The fraction of sp³-hybridized carbons (Fsp3) is 0.553. The summed E-state index contributed by atoms with van der Waals surface area (Å²) in [5.74, 6) is -1.75. The molecule has 1 amide bonds. The number of ether oxygens (including phenoxy) is 5. The zero-order valence-electron chi connectivity index (χ0n) is 31.1. The summed E-state index contributed by atoms with van der Waals surface area (Å²) in [6.07, 6.45) is -1.13. The lowest BCUT2D eigenvalue weighted by Gasteiger charge is -2.36. The number of hydrogen-bond acceptors (Lipinski definition) is 14. The molecule has 0 aromatic heterocycles. The van der Waals surface area contributed by atoms with E-state index in [9.17, 15) is 24.0 Å². The Balaban J connectivity index is 1.33. The highest BCUT2D eigenvalue weighted by molar-refractivity contribution is 5.79. The summed E-state index contributed by atoms with van der Waals surface area (Å²) < 4.78 is 26.7. The van der Waals surface area contributed by atoms with Crippen molar-refractivity contribution in [1.29, 1.82) is 0 Å². The Kier molecular flexibility index (Phi) is 14.2. The van der Waals surface area contributed by atoms with Crippen LogP contribution in [0.15, 0.2) is 48.5 Å². The number of fused-ring (bicyclic) bond motifs is 3. The zero-order valence-corrected chi connectivity index (χ0v) is 31.1. The first-order valence-corrected chi connectivity index (χ1v) is 18.0. The smallest absolute Gasteiger partial charge is 0.409 e. The zero-order chi connectivity index (χ0) is 37.9. The predicted molar refractivity (Wildman–Crippen MR) is 193 cm³/mol. The van der Waals surface area contributed by atoms with E-state index in [1.54, 1.807) is 4.90 Å². The number of hydrogen-bond donors (Lipinski definition) is 0. The third-order valence-corrected chi connectivity index (χ3v) is 10.2. The highest BCUT2D eigenvalue weighted by Gasteiger charge is 2.42. The molecule has 0 N–H and O–H groups in total. The normalized spacial score (nSPS) is 20.7. The number of carbonyl (C=O) groups is 5. The quantitative estimate of drug-likeness (QED) is 0.255. The number of amides is 1. The number of likely N-dealkylation sites (tertiary alicyclic amines) is 1. The number of benzene rings is 2. The van der Waals surface area contributed by atoms with Crippen LogP contribution in [0.3, 0.4) is 0 Å². The van der Waals surface area contributed by atoms with E-state index < -0.39 is 36.1 Å². The molecule has 2 fully saturated rings. The molecule has 0 bridgehead atoms. The highest BCUT2D eigenvalue weighted by Crippen LogP contribution is 2.44. The number of rotatable bonds is 10. The largest absolute Gasteiger partial charge is 0.468 e. The van der Waals surface area contributed by atoms with Crippen LogP contribution in [0, 0.1) is 0 Å².